The summed E-state index contributed by atoms with van der Waals surface area (Å²) >= 11 is 0. The van der Waals surface area contributed by atoms with E-state index < -0.39 is 33.2 Å². The Hall–Kier alpha value is -2.33. The Morgan fingerprint density at radius 2 is 1.76 bits per heavy atom. The number of sulfonamides is 1. The number of nitro groups is 1. The van der Waals surface area contributed by atoms with Crippen molar-refractivity contribution in [1.29, 1.82) is 0 Å². The molecule has 0 spiro atoms. The zero-order valence-corrected chi connectivity index (χ0v) is 11.5. The van der Waals surface area contributed by atoms with Crippen molar-refractivity contribution in [3.05, 3.63) is 34.4 Å². The van der Waals surface area contributed by atoms with E-state index >= 15 is 0 Å². The van der Waals surface area contributed by atoms with Crippen LogP contribution in [0.4, 0.5) is 5.69 Å². The maximum atomic E-state index is 11.8. The third-order valence-corrected chi connectivity index (χ3v) is 3.85. The quantitative estimate of drug-likeness (QED) is 0.518. The number of rotatable bonds is 8. The Morgan fingerprint density at radius 1 is 1.19 bits per heavy atom. The highest BCUT2D eigenvalue weighted by molar-refractivity contribution is 7.89. The lowest BCUT2D eigenvalue weighted by molar-refractivity contribution is -0.384. The fourth-order valence-corrected chi connectivity index (χ4v) is 2.35. The number of ketones is 1. The molecule has 1 aromatic carbocycles. The minimum atomic E-state index is -3.98. The molecule has 0 aliphatic rings. The van der Waals surface area contributed by atoms with Gasteiger partial charge in [-0.05, 0) is 12.1 Å². The smallest absolute Gasteiger partial charge is 0.303 e. The van der Waals surface area contributed by atoms with Crippen LogP contribution in [0.5, 0.6) is 0 Å². The summed E-state index contributed by atoms with van der Waals surface area (Å²) in [4.78, 5) is 31.1. The van der Waals surface area contributed by atoms with Gasteiger partial charge in [0.05, 0.1) is 22.8 Å². The first-order chi connectivity index (χ1) is 9.72. The van der Waals surface area contributed by atoms with E-state index in [0.29, 0.717) is 0 Å². The van der Waals surface area contributed by atoms with Crippen LogP contribution in [0.2, 0.25) is 0 Å². The van der Waals surface area contributed by atoms with Gasteiger partial charge in [0.1, 0.15) is 5.78 Å². The van der Waals surface area contributed by atoms with Crippen LogP contribution in [0.1, 0.15) is 12.8 Å². The van der Waals surface area contributed by atoms with Crippen molar-refractivity contribution in [2.24, 2.45) is 0 Å². The number of hydrogen-bond donors (Lipinski definition) is 2. The Bertz CT molecular complexity index is 652. The van der Waals surface area contributed by atoms with E-state index in [0.717, 1.165) is 24.3 Å². The summed E-state index contributed by atoms with van der Waals surface area (Å²) < 4.78 is 25.6. The van der Waals surface area contributed by atoms with Gasteiger partial charge in [-0.25, -0.2) is 13.1 Å². The van der Waals surface area contributed by atoms with E-state index in [-0.39, 0.29) is 23.4 Å². The number of hydrogen-bond acceptors (Lipinski definition) is 6. The number of Topliss-reactive ketones (excluding diaryl/α,β-unsaturated/α-hetero) is 1. The van der Waals surface area contributed by atoms with Gasteiger partial charge < -0.3 is 5.11 Å². The molecule has 0 saturated carbocycles. The summed E-state index contributed by atoms with van der Waals surface area (Å²) in [5.74, 6) is -1.72. The molecule has 0 radical (unpaired) electrons. The van der Waals surface area contributed by atoms with Crippen molar-refractivity contribution in [3.8, 4) is 0 Å². The van der Waals surface area contributed by atoms with Crippen LogP contribution in [0, 0.1) is 10.1 Å². The summed E-state index contributed by atoms with van der Waals surface area (Å²) in [6, 6.07) is 4.14. The summed E-state index contributed by atoms with van der Waals surface area (Å²) in [5.41, 5.74) is -0.258. The average Bonchev–Trinajstić information content (AvgIpc) is 2.43. The maximum absolute atomic E-state index is 11.8. The number of carboxylic acid groups (broad SMARTS) is 1. The van der Waals surface area contributed by atoms with Crippen molar-refractivity contribution in [3.63, 3.8) is 0 Å². The molecule has 21 heavy (non-hydrogen) atoms. The van der Waals surface area contributed by atoms with E-state index in [1.807, 2.05) is 4.72 Å². The van der Waals surface area contributed by atoms with Gasteiger partial charge in [-0.2, -0.15) is 0 Å². The molecule has 1 aromatic rings. The number of carbonyl (C=O) groups excluding carboxylic acids is 1. The Balaban J connectivity index is 2.67. The second-order valence-electron chi connectivity index (χ2n) is 4.01. The molecule has 1 rings (SSSR count). The fraction of sp³-hybridized carbons (Fsp3) is 0.273. The highest BCUT2D eigenvalue weighted by Gasteiger charge is 2.17. The predicted octanol–water partition coefficient (Wildman–Crippen LogP) is 0.307. The molecule has 0 aliphatic carbocycles. The first kappa shape index (κ1) is 16.7. The minimum Gasteiger partial charge on any atom is -0.481 e. The molecule has 0 fully saturated rings. The number of aliphatic carboxylic acids is 1. The largest absolute Gasteiger partial charge is 0.481 e. The second kappa shape index (κ2) is 6.90. The normalized spacial score (nSPS) is 11.0. The highest BCUT2D eigenvalue weighted by atomic mass is 32.2. The number of non-ortho nitro benzene ring substituents is 1. The molecule has 0 bridgehead atoms. The van der Waals surface area contributed by atoms with Crippen molar-refractivity contribution < 1.29 is 28.0 Å². The fourth-order valence-electron chi connectivity index (χ4n) is 1.34. The molecule has 10 heteroatoms. The first-order valence-electron chi connectivity index (χ1n) is 5.70. The lowest BCUT2D eigenvalue weighted by Crippen LogP contribution is -2.29. The van der Waals surface area contributed by atoms with Gasteiger partial charge in [-0.15, -0.1) is 0 Å². The zero-order chi connectivity index (χ0) is 16.0. The van der Waals surface area contributed by atoms with Crippen LogP contribution in [-0.2, 0) is 19.6 Å². The second-order valence-corrected chi connectivity index (χ2v) is 5.77. The number of carboxylic acids is 1. The van der Waals surface area contributed by atoms with Gasteiger partial charge in [0.25, 0.3) is 5.69 Å². The molecule has 2 N–H and O–H groups in total. The lowest BCUT2D eigenvalue weighted by Gasteiger charge is -2.05. The Kier molecular flexibility index (Phi) is 5.50. The van der Waals surface area contributed by atoms with E-state index in [9.17, 15) is 28.1 Å². The van der Waals surface area contributed by atoms with Crippen LogP contribution in [0.25, 0.3) is 0 Å². The van der Waals surface area contributed by atoms with Gasteiger partial charge in [0.15, 0.2) is 0 Å². The predicted molar refractivity (Wildman–Crippen MR) is 70.2 cm³/mol. The van der Waals surface area contributed by atoms with Crippen LogP contribution in [0.3, 0.4) is 0 Å². The molecule has 0 unspecified atom stereocenters. The topological polar surface area (TPSA) is 144 Å². The van der Waals surface area contributed by atoms with E-state index in [1.54, 1.807) is 0 Å². The number of nitrogens with zero attached hydrogens (tertiary/aromatic N) is 1. The van der Waals surface area contributed by atoms with Gasteiger partial charge in [0.2, 0.25) is 10.0 Å². The van der Waals surface area contributed by atoms with Crippen molar-refractivity contribution in [1.82, 2.24) is 4.72 Å². The minimum absolute atomic E-state index is 0.223. The monoisotopic (exact) mass is 316 g/mol. The summed E-state index contributed by atoms with van der Waals surface area (Å²) in [6.45, 7) is -0.535. The SMILES string of the molecule is O=C(O)CCC(=O)CNS(=O)(=O)c1ccc([N+](=O)[O-])cc1. The van der Waals surface area contributed by atoms with Crippen LogP contribution >= 0.6 is 0 Å². The summed E-state index contributed by atoms with van der Waals surface area (Å²) in [7, 11) is -3.98. The molecule has 0 amide bonds. The summed E-state index contributed by atoms with van der Waals surface area (Å²) in [6.07, 6.45) is -0.657. The molecule has 0 aliphatic heterocycles. The molecule has 0 heterocycles. The molecule has 114 valence electrons. The third-order valence-electron chi connectivity index (χ3n) is 2.43. The van der Waals surface area contributed by atoms with E-state index in [1.165, 1.54) is 0 Å². The molecule has 9 nitrogen and oxygen atoms in total. The van der Waals surface area contributed by atoms with Crippen molar-refractivity contribution in [2.45, 2.75) is 17.7 Å². The summed E-state index contributed by atoms with van der Waals surface area (Å²) in [5, 5.41) is 18.8. The van der Waals surface area contributed by atoms with Crippen LogP contribution < -0.4 is 4.72 Å². The van der Waals surface area contributed by atoms with Crippen molar-refractivity contribution in [2.75, 3.05) is 6.54 Å². The molecule has 0 saturated heterocycles. The first-order valence-corrected chi connectivity index (χ1v) is 7.18. The van der Waals surface area contributed by atoms with Crippen LogP contribution in [0.15, 0.2) is 29.2 Å². The van der Waals surface area contributed by atoms with Crippen molar-refractivity contribution >= 4 is 27.5 Å². The number of benzene rings is 1. The number of nitrogens with one attached hydrogen (secondary N) is 1. The Morgan fingerprint density at radius 3 is 2.24 bits per heavy atom. The molecule has 0 aromatic heterocycles. The maximum Gasteiger partial charge on any atom is 0.303 e. The van der Waals surface area contributed by atoms with Gasteiger partial charge in [-0.3, -0.25) is 19.7 Å². The van der Waals surface area contributed by atoms with Gasteiger partial charge in [0, 0.05) is 18.6 Å². The van der Waals surface area contributed by atoms with Crippen LogP contribution in [-0.4, -0.2) is 36.7 Å². The third kappa shape index (κ3) is 5.28. The zero-order valence-electron chi connectivity index (χ0n) is 10.7. The highest BCUT2D eigenvalue weighted by Crippen LogP contribution is 2.15. The van der Waals surface area contributed by atoms with Gasteiger partial charge >= 0.3 is 5.97 Å². The molecular weight excluding hydrogens is 304 g/mol. The number of nitro benzene ring substituents is 1. The number of carbonyl (C=O) groups is 2. The lowest BCUT2D eigenvalue weighted by atomic mass is 10.2. The van der Waals surface area contributed by atoms with E-state index in [2.05, 4.69) is 0 Å². The van der Waals surface area contributed by atoms with E-state index in [4.69, 9.17) is 5.11 Å². The average molecular weight is 316 g/mol. The Labute approximate surface area is 119 Å². The molecule has 0 atom stereocenters. The standard InChI is InChI=1S/C11H12N2O7S/c14-9(3-6-11(15)16)7-12-21(19,20)10-4-1-8(2-5-10)13(17)18/h1-2,4-5,12H,3,6-7H2,(H,15,16). The van der Waals surface area contributed by atoms with Gasteiger partial charge in [-0.1, -0.05) is 0 Å². The molecular formula is C11H12N2O7S.